The van der Waals surface area contributed by atoms with Crippen LogP contribution in [0.5, 0.6) is 0 Å². The smallest absolute Gasteiger partial charge is 0.225 e. The number of nitrogens with zero attached hydrogens (tertiary/aromatic N) is 3. The normalized spacial score (nSPS) is 14.2. The van der Waals surface area contributed by atoms with Crippen LogP contribution in [-0.2, 0) is 6.54 Å². The molecule has 1 saturated carbocycles. The number of aromatic amines is 1. The van der Waals surface area contributed by atoms with Gasteiger partial charge in [0.05, 0.1) is 24.1 Å². The van der Waals surface area contributed by atoms with Crippen LogP contribution in [0.4, 0.5) is 11.8 Å². The zero-order valence-electron chi connectivity index (χ0n) is 11.9. The molecule has 0 saturated heterocycles. The molecule has 3 heterocycles. The van der Waals surface area contributed by atoms with Crippen LogP contribution < -0.4 is 11.1 Å². The molecule has 3 aromatic heterocycles. The fraction of sp³-hybridized carbons (Fsp3) is 0.267. The highest BCUT2D eigenvalue weighted by molar-refractivity contribution is 5.71. The largest absolute Gasteiger partial charge is 0.467 e. The number of H-pyrrole nitrogens is 1. The van der Waals surface area contributed by atoms with Crippen molar-refractivity contribution < 1.29 is 4.42 Å². The minimum atomic E-state index is 0.408. The minimum Gasteiger partial charge on any atom is -0.467 e. The summed E-state index contributed by atoms with van der Waals surface area (Å²) in [4.78, 5) is 8.57. The fourth-order valence-corrected chi connectivity index (χ4v) is 2.33. The van der Waals surface area contributed by atoms with Crippen LogP contribution in [0.1, 0.15) is 30.2 Å². The lowest BCUT2D eigenvalue weighted by Gasteiger charge is -2.05. The molecule has 3 aromatic rings. The number of nitrogens with two attached hydrogens (primary N) is 1. The van der Waals surface area contributed by atoms with Crippen LogP contribution in [0.15, 0.2) is 35.1 Å². The zero-order valence-corrected chi connectivity index (χ0v) is 11.9. The molecule has 1 aliphatic carbocycles. The standard InChI is InChI=1S/C15H16N6O/c16-14-11(13-6-12(20-21-13)9-3-4-9)8-18-15(19-14)17-7-10-2-1-5-22-10/h1-2,5-6,8-9H,3-4,7H2,(H,20,21)(H3,16,17,18,19). The van der Waals surface area contributed by atoms with Crippen molar-refractivity contribution in [3.8, 4) is 11.3 Å². The summed E-state index contributed by atoms with van der Waals surface area (Å²) in [6.45, 7) is 0.514. The summed E-state index contributed by atoms with van der Waals surface area (Å²) < 4.78 is 5.25. The average molecular weight is 296 g/mol. The first-order valence-electron chi connectivity index (χ1n) is 7.24. The van der Waals surface area contributed by atoms with E-state index >= 15 is 0 Å². The van der Waals surface area contributed by atoms with Crippen LogP contribution in [0, 0.1) is 0 Å². The Labute approximate surface area is 127 Å². The van der Waals surface area contributed by atoms with Gasteiger partial charge in [-0.25, -0.2) is 4.98 Å². The first-order chi connectivity index (χ1) is 10.8. The number of aromatic nitrogens is 4. The maximum absolute atomic E-state index is 6.03. The Bertz CT molecular complexity index is 775. The molecule has 0 bridgehead atoms. The van der Waals surface area contributed by atoms with E-state index in [0.717, 1.165) is 22.7 Å². The number of nitrogens with one attached hydrogen (secondary N) is 2. The van der Waals surface area contributed by atoms with Crippen LogP contribution in [0.3, 0.4) is 0 Å². The lowest BCUT2D eigenvalue weighted by molar-refractivity contribution is 0.517. The predicted octanol–water partition coefficient (Wildman–Crippen LogP) is 2.53. The number of anilines is 2. The lowest BCUT2D eigenvalue weighted by Crippen LogP contribution is -2.05. The van der Waals surface area contributed by atoms with E-state index < -0.39 is 0 Å². The average Bonchev–Trinajstić information content (AvgIpc) is 3.04. The number of hydrogen-bond donors (Lipinski definition) is 3. The minimum absolute atomic E-state index is 0.408. The van der Waals surface area contributed by atoms with Crippen LogP contribution in [0.2, 0.25) is 0 Å². The lowest BCUT2D eigenvalue weighted by atomic mass is 10.2. The Hall–Kier alpha value is -2.83. The van der Waals surface area contributed by atoms with Crippen molar-refractivity contribution in [2.75, 3.05) is 11.1 Å². The van der Waals surface area contributed by atoms with Crippen molar-refractivity contribution >= 4 is 11.8 Å². The van der Waals surface area contributed by atoms with Crippen LogP contribution in [0.25, 0.3) is 11.3 Å². The molecule has 112 valence electrons. The van der Waals surface area contributed by atoms with Gasteiger partial charge in [-0.05, 0) is 31.0 Å². The van der Waals surface area contributed by atoms with E-state index in [4.69, 9.17) is 10.2 Å². The highest BCUT2D eigenvalue weighted by Gasteiger charge is 2.26. The topological polar surface area (TPSA) is 106 Å². The van der Waals surface area contributed by atoms with Gasteiger partial charge in [-0.3, -0.25) is 5.10 Å². The van der Waals surface area contributed by atoms with E-state index in [2.05, 4.69) is 25.5 Å². The maximum atomic E-state index is 6.03. The second kappa shape index (κ2) is 5.18. The second-order valence-electron chi connectivity index (χ2n) is 5.41. The maximum Gasteiger partial charge on any atom is 0.225 e. The van der Waals surface area contributed by atoms with Crippen molar-refractivity contribution in [3.05, 3.63) is 42.1 Å². The molecule has 7 nitrogen and oxygen atoms in total. The monoisotopic (exact) mass is 296 g/mol. The summed E-state index contributed by atoms with van der Waals surface area (Å²) in [5.74, 6) is 2.31. The molecule has 7 heteroatoms. The molecule has 0 aliphatic heterocycles. The zero-order chi connectivity index (χ0) is 14.9. The van der Waals surface area contributed by atoms with Gasteiger partial charge in [0.1, 0.15) is 11.6 Å². The van der Waals surface area contributed by atoms with Gasteiger partial charge in [0.2, 0.25) is 5.95 Å². The van der Waals surface area contributed by atoms with E-state index in [-0.39, 0.29) is 0 Å². The molecular weight excluding hydrogens is 280 g/mol. The molecule has 22 heavy (non-hydrogen) atoms. The molecule has 4 rings (SSSR count). The van der Waals surface area contributed by atoms with Gasteiger partial charge in [-0.15, -0.1) is 0 Å². The highest BCUT2D eigenvalue weighted by atomic mass is 16.3. The summed E-state index contributed by atoms with van der Waals surface area (Å²) in [6, 6.07) is 5.75. The van der Waals surface area contributed by atoms with E-state index in [9.17, 15) is 0 Å². The molecule has 0 unspecified atom stereocenters. The third-order valence-corrected chi connectivity index (χ3v) is 3.71. The Kier molecular flexibility index (Phi) is 3.03. The van der Waals surface area contributed by atoms with Crippen molar-refractivity contribution in [2.45, 2.75) is 25.3 Å². The number of hydrogen-bond acceptors (Lipinski definition) is 6. The first kappa shape index (κ1) is 12.9. The summed E-state index contributed by atoms with van der Waals surface area (Å²) in [7, 11) is 0. The number of rotatable bonds is 5. The van der Waals surface area contributed by atoms with E-state index in [0.29, 0.717) is 24.2 Å². The summed E-state index contributed by atoms with van der Waals surface area (Å²) >= 11 is 0. The van der Waals surface area contributed by atoms with Gasteiger partial charge >= 0.3 is 0 Å². The summed E-state index contributed by atoms with van der Waals surface area (Å²) in [5.41, 5.74) is 8.73. The molecule has 4 N–H and O–H groups in total. The Morgan fingerprint density at radius 1 is 1.41 bits per heavy atom. The van der Waals surface area contributed by atoms with Crippen molar-refractivity contribution in [1.82, 2.24) is 20.2 Å². The van der Waals surface area contributed by atoms with Crippen LogP contribution >= 0.6 is 0 Å². The Morgan fingerprint density at radius 3 is 3.05 bits per heavy atom. The predicted molar refractivity (Wildman–Crippen MR) is 82.0 cm³/mol. The quantitative estimate of drug-likeness (QED) is 0.668. The molecule has 0 aromatic carbocycles. The summed E-state index contributed by atoms with van der Waals surface area (Å²) in [6.07, 6.45) is 5.77. The molecule has 0 atom stereocenters. The third kappa shape index (κ3) is 2.52. The molecule has 0 radical (unpaired) electrons. The molecule has 1 aliphatic rings. The number of nitrogen functional groups attached to an aromatic ring is 1. The van der Waals surface area contributed by atoms with Gasteiger partial charge in [0, 0.05) is 17.8 Å². The first-order valence-corrected chi connectivity index (χ1v) is 7.24. The molecule has 1 fully saturated rings. The second-order valence-corrected chi connectivity index (χ2v) is 5.41. The van der Waals surface area contributed by atoms with Crippen LogP contribution in [-0.4, -0.2) is 20.2 Å². The summed E-state index contributed by atoms with van der Waals surface area (Å²) in [5, 5.41) is 10.4. The van der Waals surface area contributed by atoms with Crippen molar-refractivity contribution in [3.63, 3.8) is 0 Å². The molecular formula is C15H16N6O. The highest BCUT2D eigenvalue weighted by Crippen LogP contribution is 2.40. The van der Waals surface area contributed by atoms with E-state index in [1.54, 1.807) is 12.5 Å². The number of furan rings is 1. The third-order valence-electron chi connectivity index (χ3n) is 3.71. The van der Waals surface area contributed by atoms with E-state index in [1.165, 1.54) is 12.8 Å². The van der Waals surface area contributed by atoms with Crippen molar-refractivity contribution in [2.24, 2.45) is 0 Å². The van der Waals surface area contributed by atoms with Gasteiger partial charge < -0.3 is 15.5 Å². The molecule has 0 amide bonds. The Morgan fingerprint density at radius 2 is 2.32 bits per heavy atom. The van der Waals surface area contributed by atoms with Gasteiger partial charge in [0.25, 0.3) is 0 Å². The fourth-order valence-electron chi connectivity index (χ4n) is 2.33. The SMILES string of the molecule is Nc1nc(NCc2ccco2)ncc1-c1cc(C2CC2)[nH]n1. The van der Waals surface area contributed by atoms with E-state index in [1.807, 2.05) is 18.2 Å². The molecule has 0 spiro atoms. The van der Waals surface area contributed by atoms with Gasteiger partial charge in [-0.2, -0.15) is 10.1 Å². The Balaban J connectivity index is 1.51. The van der Waals surface area contributed by atoms with Gasteiger partial charge in [-0.1, -0.05) is 0 Å². The van der Waals surface area contributed by atoms with Crippen molar-refractivity contribution in [1.29, 1.82) is 0 Å². The van der Waals surface area contributed by atoms with Gasteiger partial charge in [0.15, 0.2) is 0 Å².